The summed E-state index contributed by atoms with van der Waals surface area (Å²) in [6.07, 6.45) is 10.7. The minimum Gasteiger partial charge on any atom is -0.392 e. The molecule has 3 rings (SSSR count). The fourth-order valence-electron chi connectivity index (χ4n) is 5.00. The number of piperidine rings is 2. The predicted molar refractivity (Wildman–Crippen MR) is 115 cm³/mol. The average molecular weight is 464 g/mol. The van der Waals surface area contributed by atoms with Crippen LogP contribution >= 0.6 is 24.0 Å². The third-order valence-corrected chi connectivity index (χ3v) is 6.84. The summed E-state index contributed by atoms with van der Waals surface area (Å²) < 4.78 is 0. The summed E-state index contributed by atoms with van der Waals surface area (Å²) in [6, 6.07) is 1.98. The van der Waals surface area contributed by atoms with E-state index in [1.54, 1.807) is 0 Å². The van der Waals surface area contributed by atoms with Gasteiger partial charge < -0.3 is 20.6 Å². The molecule has 146 valence electrons. The van der Waals surface area contributed by atoms with E-state index in [2.05, 4.69) is 34.5 Å². The number of rotatable bonds is 3. The number of fused-ring (bicyclic) bond motifs is 2. The number of aliphatic hydroxyl groups excluding tert-OH is 1. The lowest BCUT2D eigenvalue weighted by Crippen LogP contribution is -2.57. The van der Waals surface area contributed by atoms with Crippen LogP contribution in [-0.2, 0) is 0 Å². The van der Waals surface area contributed by atoms with E-state index in [4.69, 9.17) is 0 Å². The highest BCUT2D eigenvalue weighted by atomic mass is 127. The van der Waals surface area contributed by atoms with Gasteiger partial charge in [-0.3, -0.25) is 4.99 Å². The Labute approximate surface area is 170 Å². The van der Waals surface area contributed by atoms with Crippen molar-refractivity contribution >= 4 is 29.9 Å². The second-order valence-corrected chi connectivity index (χ2v) is 8.56. The van der Waals surface area contributed by atoms with Gasteiger partial charge in [0.05, 0.1) is 6.10 Å². The Kier molecular flexibility index (Phi) is 7.83. The summed E-state index contributed by atoms with van der Waals surface area (Å²) in [5.41, 5.74) is -0.0286. The van der Waals surface area contributed by atoms with Crippen molar-refractivity contribution in [3.05, 3.63) is 0 Å². The number of hydrogen-bond donors (Lipinski definition) is 3. The molecule has 2 saturated heterocycles. The maximum absolute atomic E-state index is 10.4. The summed E-state index contributed by atoms with van der Waals surface area (Å²) in [5.74, 6) is 0.904. The van der Waals surface area contributed by atoms with Crippen LogP contribution in [0, 0.1) is 5.41 Å². The van der Waals surface area contributed by atoms with Gasteiger partial charge in [-0.1, -0.05) is 26.2 Å². The minimum absolute atomic E-state index is 0. The molecule has 0 radical (unpaired) electrons. The Hall–Kier alpha value is -0.0800. The first-order valence-corrected chi connectivity index (χ1v) is 9.89. The van der Waals surface area contributed by atoms with Crippen LogP contribution in [0.2, 0.25) is 0 Å². The lowest BCUT2D eigenvalue weighted by Gasteiger charge is -2.47. The highest BCUT2D eigenvalue weighted by molar-refractivity contribution is 14.0. The molecule has 6 heteroatoms. The van der Waals surface area contributed by atoms with Gasteiger partial charge in [-0.15, -0.1) is 24.0 Å². The molecule has 0 spiro atoms. The third-order valence-electron chi connectivity index (χ3n) is 6.84. The number of guanidine groups is 1. The largest absolute Gasteiger partial charge is 0.392 e. The van der Waals surface area contributed by atoms with E-state index in [1.807, 2.05) is 7.05 Å². The van der Waals surface area contributed by atoms with Crippen LogP contribution in [0.1, 0.15) is 64.7 Å². The van der Waals surface area contributed by atoms with E-state index in [0.29, 0.717) is 6.04 Å². The van der Waals surface area contributed by atoms with Gasteiger partial charge in [-0.2, -0.15) is 0 Å². The quantitative estimate of drug-likeness (QED) is 0.342. The second kappa shape index (κ2) is 9.22. The molecular formula is C19H37IN4O. The molecule has 3 fully saturated rings. The molecule has 0 aromatic carbocycles. The molecule has 1 saturated carbocycles. The maximum atomic E-state index is 10.4. The zero-order chi connectivity index (χ0) is 17.2. The van der Waals surface area contributed by atoms with Gasteiger partial charge in [0.15, 0.2) is 5.96 Å². The number of halogens is 1. The van der Waals surface area contributed by atoms with Gasteiger partial charge in [0.1, 0.15) is 0 Å². The molecule has 0 amide bonds. The summed E-state index contributed by atoms with van der Waals surface area (Å²) in [7, 11) is 4.15. The van der Waals surface area contributed by atoms with Crippen LogP contribution in [-0.4, -0.2) is 60.8 Å². The van der Waals surface area contributed by atoms with Gasteiger partial charge in [0, 0.05) is 37.1 Å². The summed E-state index contributed by atoms with van der Waals surface area (Å²) in [4.78, 5) is 7.03. The summed E-state index contributed by atoms with van der Waals surface area (Å²) in [6.45, 7) is 3.00. The Balaban J connectivity index is 0.00000225. The number of hydrogen-bond acceptors (Lipinski definition) is 3. The Morgan fingerprint density at radius 1 is 1.16 bits per heavy atom. The smallest absolute Gasteiger partial charge is 0.191 e. The Morgan fingerprint density at radius 3 is 2.44 bits per heavy atom. The van der Waals surface area contributed by atoms with Crippen LogP contribution in [0.15, 0.2) is 4.99 Å². The maximum Gasteiger partial charge on any atom is 0.191 e. The molecule has 2 bridgehead atoms. The fourth-order valence-corrected chi connectivity index (χ4v) is 5.00. The van der Waals surface area contributed by atoms with Gasteiger partial charge in [0.25, 0.3) is 0 Å². The standard InChI is InChI=1S/C19H36N4O.HI/c1-19(10-5-4-9-17(19)24)13-21-18(20-2)22-14-11-15-7-6-8-16(12-14)23(15)3;/h14-17,24H,4-13H2,1-3H3,(H2,20,21,22);1H. The SMILES string of the molecule is CN=C(NCC1(C)CCCCC1O)NC1CC2CCCC(C1)N2C.I. The van der Waals surface area contributed by atoms with Crippen molar-refractivity contribution in [2.75, 3.05) is 20.6 Å². The van der Waals surface area contributed by atoms with E-state index in [9.17, 15) is 5.11 Å². The van der Waals surface area contributed by atoms with Crippen molar-refractivity contribution in [2.45, 2.75) is 88.9 Å². The van der Waals surface area contributed by atoms with Crippen molar-refractivity contribution in [1.82, 2.24) is 15.5 Å². The molecular weight excluding hydrogens is 427 g/mol. The van der Waals surface area contributed by atoms with Gasteiger partial charge in [0.2, 0.25) is 0 Å². The lowest BCUT2D eigenvalue weighted by atomic mass is 9.73. The fraction of sp³-hybridized carbons (Fsp3) is 0.947. The first-order chi connectivity index (χ1) is 11.5. The number of aliphatic imine (C=N–C) groups is 1. The van der Waals surface area contributed by atoms with Crippen LogP contribution in [0.3, 0.4) is 0 Å². The molecule has 0 aromatic heterocycles. The van der Waals surface area contributed by atoms with E-state index < -0.39 is 0 Å². The van der Waals surface area contributed by atoms with Crippen molar-refractivity contribution in [3.8, 4) is 0 Å². The first-order valence-electron chi connectivity index (χ1n) is 9.89. The molecule has 3 aliphatic rings. The monoisotopic (exact) mass is 464 g/mol. The van der Waals surface area contributed by atoms with Gasteiger partial charge in [-0.05, 0) is 45.6 Å². The molecule has 2 aliphatic heterocycles. The van der Waals surface area contributed by atoms with E-state index in [1.165, 1.54) is 38.5 Å². The van der Waals surface area contributed by atoms with Crippen LogP contribution in [0.25, 0.3) is 0 Å². The van der Waals surface area contributed by atoms with E-state index >= 15 is 0 Å². The van der Waals surface area contributed by atoms with Crippen LogP contribution < -0.4 is 10.6 Å². The van der Waals surface area contributed by atoms with Crippen molar-refractivity contribution < 1.29 is 5.11 Å². The van der Waals surface area contributed by atoms with Crippen molar-refractivity contribution in [1.29, 1.82) is 0 Å². The average Bonchev–Trinajstić information content (AvgIpc) is 2.55. The molecule has 1 aliphatic carbocycles. The second-order valence-electron chi connectivity index (χ2n) is 8.56. The molecule has 25 heavy (non-hydrogen) atoms. The van der Waals surface area contributed by atoms with Gasteiger partial charge >= 0.3 is 0 Å². The molecule has 4 atom stereocenters. The zero-order valence-electron chi connectivity index (χ0n) is 16.1. The van der Waals surface area contributed by atoms with E-state index in [0.717, 1.165) is 43.9 Å². The molecule has 3 N–H and O–H groups in total. The molecule has 4 unspecified atom stereocenters. The summed E-state index contributed by atoms with van der Waals surface area (Å²) >= 11 is 0. The molecule has 2 heterocycles. The summed E-state index contributed by atoms with van der Waals surface area (Å²) in [5, 5.41) is 17.5. The highest BCUT2D eigenvalue weighted by Gasteiger charge is 2.37. The number of nitrogens with zero attached hydrogens (tertiary/aromatic N) is 2. The third kappa shape index (κ3) is 5.01. The van der Waals surface area contributed by atoms with Gasteiger partial charge in [-0.25, -0.2) is 0 Å². The van der Waals surface area contributed by atoms with Crippen molar-refractivity contribution in [2.24, 2.45) is 10.4 Å². The normalized spacial score (nSPS) is 39.4. The first kappa shape index (κ1) is 21.2. The Morgan fingerprint density at radius 2 is 1.84 bits per heavy atom. The van der Waals surface area contributed by atoms with Crippen LogP contribution in [0.5, 0.6) is 0 Å². The zero-order valence-corrected chi connectivity index (χ0v) is 18.5. The highest BCUT2D eigenvalue weighted by Crippen LogP contribution is 2.35. The minimum atomic E-state index is -0.195. The lowest BCUT2D eigenvalue weighted by molar-refractivity contribution is 0.00384. The molecule has 5 nitrogen and oxygen atoms in total. The topological polar surface area (TPSA) is 59.9 Å². The predicted octanol–water partition coefficient (Wildman–Crippen LogP) is 2.73. The Bertz CT molecular complexity index is 447. The van der Waals surface area contributed by atoms with E-state index in [-0.39, 0.29) is 35.5 Å². The van der Waals surface area contributed by atoms with Crippen LogP contribution in [0.4, 0.5) is 0 Å². The van der Waals surface area contributed by atoms with Crippen molar-refractivity contribution in [3.63, 3.8) is 0 Å². The number of nitrogens with one attached hydrogen (secondary N) is 2. The number of aliphatic hydroxyl groups is 1. The molecule has 0 aromatic rings.